The number of amides is 1. The fraction of sp³-hybridized carbons (Fsp3) is 0. The van der Waals surface area contributed by atoms with Crippen LogP contribution in [0.4, 0.5) is 8.78 Å². The second kappa shape index (κ2) is 3.02. The Morgan fingerprint density at radius 3 is 2.58 bits per heavy atom. The van der Waals surface area contributed by atoms with E-state index in [4.69, 9.17) is 17.3 Å². The molecule has 0 aliphatic heterocycles. The third kappa shape index (κ3) is 1.50. The predicted octanol–water partition coefficient (Wildman–Crippen LogP) is 1.11. The van der Waals surface area contributed by atoms with Crippen LogP contribution in [0, 0.1) is 11.9 Å². The van der Waals surface area contributed by atoms with Crippen molar-refractivity contribution in [2.24, 2.45) is 5.73 Å². The minimum atomic E-state index is -1.26. The molecule has 0 saturated carbocycles. The van der Waals surface area contributed by atoms with Crippen molar-refractivity contribution in [3.05, 3.63) is 28.5 Å². The molecule has 1 rings (SSSR count). The first-order chi connectivity index (χ1) is 5.52. The topological polar surface area (TPSA) is 56.0 Å². The minimum absolute atomic E-state index is 0.440. The Labute approximate surface area is 71.2 Å². The number of primary amides is 1. The molecule has 6 heteroatoms. The molecule has 0 bridgehead atoms. The van der Waals surface area contributed by atoms with Crippen molar-refractivity contribution < 1.29 is 13.6 Å². The van der Waals surface area contributed by atoms with Gasteiger partial charge in [-0.25, -0.2) is 0 Å². The lowest BCUT2D eigenvalue weighted by Crippen LogP contribution is -2.14. The Bertz CT molecular complexity index is 343. The average Bonchev–Trinajstić information content (AvgIpc) is 1.96. The highest BCUT2D eigenvalue weighted by Crippen LogP contribution is 2.15. The Hall–Kier alpha value is -1.23. The van der Waals surface area contributed by atoms with E-state index in [2.05, 4.69) is 4.98 Å². The smallest absolute Gasteiger partial charge is 0.253 e. The summed E-state index contributed by atoms with van der Waals surface area (Å²) in [5, 5.41) is -0.440. The number of pyridine rings is 1. The number of aromatic nitrogens is 1. The summed E-state index contributed by atoms with van der Waals surface area (Å²) in [6, 6.07) is 0.793. The fourth-order valence-electron chi connectivity index (χ4n) is 0.618. The molecule has 1 aromatic heterocycles. The number of rotatable bonds is 1. The van der Waals surface area contributed by atoms with Crippen LogP contribution in [0.25, 0.3) is 0 Å². The molecular weight excluding hydrogens is 190 g/mol. The van der Waals surface area contributed by atoms with Gasteiger partial charge in [0.2, 0.25) is 11.9 Å². The van der Waals surface area contributed by atoms with Crippen LogP contribution < -0.4 is 5.73 Å². The van der Waals surface area contributed by atoms with Gasteiger partial charge < -0.3 is 5.73 Å². The van der Waals surface area contributed by atoms with E-state index in [0.717, 1.165) is 6.07 Å². The molecule has 64 valence electrons. The SMILES string of the molecule is NC(=O)c1cc(Cl)c(F)nc1F. The number of halogens is 3. The van der Waals surface area contributed by atoms with E-state index in [-0.39, 0.29) is 0 Å². The summed E-state index contributed by atoms with van der Waals surface area (Å²) in [7, 11) is 0. The van der Waals surface area contributed by atoms with Gasteiger partial charge in [-0.2, -0.15) is 13.8 Å². The van der Waals surface area contributed by atoms with Crippen LogP contribution in [0.2, 0.25) is 5.02 Å². The summed E-state index contributed by atoms with van der Waals surface area (Å²) in [6.45, 7) is 0. The Balaban J connectivity index is 3.33. The highest BCUT2D eigenvalue weighted by molar-refractivity contribution is 6.30. The monoisotopic (exact) mass is 192 g/mol. The van der Waals surface area contributed by atoms with Crippen LogP contribution in [-0.4, -0.2) is 10.9 Å². The van der Waals surface area contributed by atoms with Crippen molar-refractivity contribution in [2.75, 3.05) is 0 Å². The molecule has 0 aliphatic rings. The number of carbonyl (C=O) groups is 1. The van der Waals surface area contributed by atoms with Gasteiger partial charge in [-0.15, -0.1) is 0 Å². The lowest BCUT2D eigenvalue weighted by atomic mass is 10.3. The van der Waals surface area contributed by atoms with E-state index in [1.807, 2.05) is 0 Å². The van der Waals surface area contributed by atoms with Gasteiger partial charge in [0, 0.05) is 0 Å². The number of hydrogen-bond acceptors (Lipinski definition) is 2. The molecule has 0 aromatic carbocycles. The molecule has 1 amide bonds. The number of nitrogens with zero attached hydrogens (tertiary/aromatic N) is 1. The van der Waals surface area contributed by atoms with Gasteiger partial charge >= 0.3 is 0 Å². The van der Waals surface area contributed by atoms with Crippen LogP contribution in [0.15, 0.2) is 6.07 Å². The molecule has 3 nitrogen and oxygen atoms in total. The van der Waals surface area contributed by atoms with Crippen molar-refractivity contribution in [3.63, 3.8) is 0 Å². The maximum absolute atomic E-state index is 12.6. The van der Waals surface area contributed by atoms with Crippen molar-refractivity contribution in [2.45, 2.75) is 0 Å². The maximum Gasteiger partial charge on any atom is 0.253 e. The van der Waals surface area contributed by atoms with Crippen molar-refractivity contribution >= 4 is 17.5 Å². The molecule has 0 radical (unpaired) electrons. The maximum atomic E-state index is 12.6. The first-order valence-electron chi connectivity index (χ1n) is 2.83. The standard InChI is InChI=1S/C6H3ClF2N2O/c7-3-1-2(6(10)12)4(8)11-5(3)9/h1H,(H2,10,12). The molecule has 1 aromatic rings. The van der Waals surface area contributed by atoms with Crippen molar-refractivity contribution in [3.8, 4) is 0 Å². The molecule has 0 fully saturated rings. The zero-order valence-electron chi connectivity index (χ0n) is 5.64. The predicted molar refractivity (Wildman–Crippen MR) is 37.7 cm³/mol. The van der Waals surface area contributed by atoms with Crippen LogP contribution in [0.5, 0.6) is 0 Å². The van der Waals surface area contributed by atoms with E-state index in [1.54, 1.807) is 0 Å². The number of hydrogen-bond donors (Lipinski definition) is 1. The fourth-order valence-corrected chi connectivity index (χ4v) is 0.770. The second-order valence-corrected chi connectivity index (χ2v) is 2.37. The Morgan fingerprint density at radius 1 is 1.50 bits per heavy atom. The summed E-state index contributed by atoms with van der Waals surface area (Å²) in [5.41, 5.74) is 4.21. The highest BCUT2D eigenvalue weighted by Gasteiger charge is 2.13. The van der Waals surface area contributed by atoms with Crippen molar-refractivity contribution in [1.82, 2.24) is 4.98 Å². The molecular formula is C6H3ClF2N2O. The van der Waals surface area contributed by atoms with E-state index in [0.29, 0.717) is 0 Å². The molecule has 0 unspecified atom stereocenters. The summed E-state index contributed by atoms with van der Waals surface area (Å²) >= 11 is 5.22. The van der Waals surface area contributed by atoms with E-state index < -0.39 is 28.4 Å². The first-order valence-corrected chi connectivity index (χ1v) is 3.21. The molecule has 0 saturated heterocycles. The Morgan fingerprint density at radius 2 is 2.08 bits per heavy atom. The number of carbonyl (C=O) groups excluding carboxylic acids is 1. The van der Waals surface area contributed by atoms with Gasteiger partial charge in [0.25, 0.3) is 5.91 Å². The summed E-state index contributed by atoms with van der Waals surface area (Å²) < 4.78 is 25.0. The first kappa shape index (κ1) is 8.86. The lowest BCUT2D eigenvalue weighted by molar-refractivity contribution is 0.0995. The van der Waals surface area contributed by atoms with Gasteiger partial charge in [0.15, 0.2) is 0 Å². The Kier molecular flexibility index (Phi) is 2.23. The largest absolute Gasteiger partial charge is 0.365 e. The van der Waals surface area contributed by atoms with E-state index in [1.165, 1.54) is 0 Å². The highest BCUT2D eigenvalue weighted by atomic mass is 35.5. The molecule has 0 aliphatic carbocycles. The van der Waals surface area contributed by atoms with Crippen LogP contribution in [-0.2, 0) is 0 Å². The molecule has 1 heterocycles. The van der Waals surface area contributed by atoms with Crippen LogP contribution in [0.3, 0.4) is 0 Å². The molecule has 2 N–H and O–H groups in total. The molecule has 0 atom stereocenters. The summed E-state index contributed by atoms with van der Waals surface area (Å²) in [6.07, 6.45) is 0. The quantitative estimate of drug-likeness (QED) is 0.678. The van der Waals surface area contributed by atoms with Gasteiger partial charge in [-0.05, 0) is 6.07 Å². The van der Waals surface area contributed by atoms with Gasteiger partial charge in [0.1, 0.15) is 0 Å². The third-order valence-corrected chi connectivity index (χ3v) is 1.42. The summed E-state index contributed by atoms with van der Waals surface area (Å²) in [5.74, 6) is -3.47. The normalized spacial score (nSPS) is 9.92. The van der Waals surface area contributed by atoms with Crippen LogP contribution in [0.1, 0.15) is 10.4 Å². The average molecular weight is 193 g/mol. The van der Waals surface area contributed by atoms with Crippen LogP contribution >= 0.6 is 11.6 Å². The number of nitrogens with two attached hydrogens (primary N) is 1. The zero-order valence-corrected chi connectivity index (χ0v) is 6.40. The van der Waals surface area contributed by atoms with E-state index >= 15 is 0 Å². The molecule has 12 heavy (non-hydrogen) atoms. The molecule has 0 spiro atoms. The second-order valence-electron chi connectivity index (χ2n) is 1.96. The van der Waals surface area contributed by atoms with Crippen molar-refractivity contribution in [1.29, 1.82) is 0 Å². The zero-order chi connectivity index (χ0) is 9.30. The lowest BCUT2D eigenvalue weighted by Gasteiger charge is -1.98. The third-order valence-electron chi connectivity index (χ3n) is 1.15. The van der Waals surface area contributed by atoms with Gasteiger partial charge in [0.05, 0.1) is 10.6 Å². The van der Waals surface area contributed by atoms with E-state index in [9.17, 15) is 13.6 Å². The van der Waals surface area contributed by atoms with Gasteiger partial charge in [-0.1, -0.05) is 11.6 Å². The minimum Gasteiger partial charge on any atom is -0.365 e. The summed E-state index contributed by atoms with van der Waals surface area (Å²) in [4.78, 5) is 13.2. The van der Waals surface area contributed by atoms with Gasteiger partial charge in [-0.3, -0.25) is 4.79 Å².